The predicted octanol–water partition coefficient (Wildman–Crippen LogP) is 3.79. The van der Waals surface area contributed by atoms with E-state index >= 15 is 0 Å². The molecule has 4 nitrogen and oxygen atoms in total. The van der Waals surface area contributed by atoms with E-state index in [1.165, 1.54) is 11.1 Å². The first-order valence-electron chi connectivity index (χ1n) is 7.24. The average Bonchev–Trinajstić information content (AvgIpc) is 2.82. The fourth-order valence-electron chi connectivity index (χ4n) is 2.51. The molecular weight excluding hydrogens is 274 g/mol. The van der Waals surface area contributed by atoms with E-state index < -0.39 is 0 Å². The Hall–Kier alpha value is -2.75. The van der Waals surface area contributed by atoms with Gasteiger partial charge in [0.25, 0.3) is 0 Å². The second-order valence-electron chi connectivity index (χ2n) is 5.62. The van der Waals surface area contributed by atoms with Crippen LogP contribution in [0.5, 0.6) is 0 Å². The SMILES string of the molecule is C=C(Nc1ccc(C)c(C)c1)Nc1ccc2c(c1)CC(=O)N2. The molecule has 112 valence electrons. The van der Waals surface area contributed by atoms with Crippen LogP contribution in [0.3, 0.4) is 0 Å². The van der Waals surface area contributed by atoms with E-state index in [-0.39, 0.29) is 5.91 Å². The Bertz CT molecular complexity index is 765. The van der Waals surface area contributed by atoms with Gasteiger partial charge >= 0.3 is 0 Å². The molecule has 2 aromatic carbocycles. The summed E-state index contributed by atoms with van der Waals surface area (Å²) in [6, 6.07) is 12.0. The van der Waals surface area contributed by atoms with Gasteiger partial charge in [0.2, 0.25) is 5.91 Å². The Kier molecular flexibility index (Phi) is 3.59. The zero-order valence-corrected chi connectivity index (χ0v) is 12.8. The number of nitrogens with one attached hydrogen (secondary N) is 3. The maximum Gasteiger partial charge on any atom is 0.228 e. The Labute approximate surface area is 130 Å². The molecule has 0 saturated carbocycles. The summed E-state index contributed by atoms with van der Waals surface area (Å²) in [5.41, 5.74) is 6.31. The van der Waals surface area contributed by atoms with Crippen LogP contribution in [-0.4, -0.2) is 5.91 Å². The van der Waals surface area contributed by atoms with Crippen LogP contribution in [0.1, 0.15) is 16.7 Å². The number of anilines is 3. The van der Waals surface area contributed by atoms with Gasteiger partial charge in [-0.2, -0.15) is 0 Å². The zero-order chi connectivity index (χ0) is 15.7. The Balaban J connectivity index is 1.68. The molecule has 1 amide bonds. The maximum absolute atomic E-state index is 11.4. The van der Waals surface area contributed by atoms with E-state index in [0.717, 1.165) is 22.6 Å². The molecule has 0 saturated heterocycles. The molecule has 4 heteroatoms. The highest BCUT2D eigenvalue weighted by Crippen LogP contribution is 2.26. The highest BCUT2D eigenvalue weighted by Gasteiger charge is 2.17. The molecule has 0 unspecified atom stereocenters. The van der Waals surface area contributed by atoms with Crippen LogP contribution in [-0.2, 0) is 11.2 Å². The van der Waals surface area contributed by atoms with E-state index in [1.807, 2.05) is 24.3 Å². The van der Waals surface area contributed by atoms with Crippen molar-refractivity contribution >= 4 is 23.0 Å². The molecule has 1 aliphatic rings. The van der Waals surface area contributed by atoms with Gasteiger partial charge < -0.3 is 16.0 Å². The molecule has 22 heavy (non-hydrogen) atoms. The van der Waals surface area contributed by atoms with Gasteiger partial charge in [-0.3, -0.25) is 4.79 Å². The Morgan fingerprint density at radius 1 is 1.05 bits per heavy atom. The molecule has 3 rings (SSSR count). The van der Waals surface area contributed by atoms with Crippen molar-refractivity contribution in [1.82, 2.24) is 0 Å². The van der Waals surface area contributed by atoms with Gasteiger partial charge in [0.15, 0.2) is 0 Å². The molecule has 3 N–H and O–H groups in total. The van der Waals surface area contributed by atoms with Gasteiger partial charge in [0, 0.05) is 17.1 Å². The van der Waals surface area contributed by atoms with Crippen molar-refractivity contribution in [3.8, 4) is 0 Å². The van der Waals surface area contributed by atoms with Crippen molar-refractivity contribution in [2.45, 2.75) is 20.3 Å². The minimum Gasteiger partial charge on any atom is -0.342 e. The number of rotatable bonds is 4. The smallest absolute Gasteiger partial charge is 0.228 e. The largest absolute Gasteiger partial charge is 0.342 e. The van der Waals surface area contributed by atoms with Gasteiger partial charge in [0.1, 0.15) is 5.82 Å². The van der Waals surface area contributed by atoms with Crippen LogP contribution < -0.4 is 16.0 Å². The number of carbonyl (C=O) groups excluding carboxylic acids is 1. The van der Waals surface area contributed by atoms with Crippen molar-refractivity contribution in [3.05, 3.63) is 65.5 Å². The lowest BCUT2D eigenvalue weighted by atomic mass is 10.1. The molecule has 0 bridgehead atoms. The van der Waals surface area contributed by atoms with E-state index in [9.17, 15) is 4.79 Å². The molecule has 0 spiro atoms. The van der Waals surface area contributed by atoms with E-state index in [2.05, 4.69) is 48.5 Å². The molecule has 0 atom stereocenters. The third-order valence-corrected chi connectivity index (χ3v) is 3.83. The summed E-state index contributed by atoms with van der Waals surface area (Å²) in [6.07, 6.45) is 0.432. The topological polar surface area (TPSA) is 53.2 Å². The lowest BCUT2D eigenvalue weighted by Gasteiger charge is -2.14. The first kappa shape index (κ1) is 14.2. The highest BCUT2D eigenvalue weighted by molar-refractivity contribution is 5.99. The normalized spacial score (nSPS) is 12.5. The molecule has 0 radical (unpaired) electrons. The summed E-state index contributed by atoms with van der Waals surface area (Å²) in [4.78, 5) is 11.4. The lowest BCUT2D eigenvalue weighted by Crippen LogP contribution is -2.08. The van der Waals surface area contributed by atoms with Crippen LogP contribution in [0.4, 0.5) is 17.1 Å². The molecular formula is C18H19N3O. The van der Waals surface area contributed by atoms with E-state index in [1.54, 1.807) is 0 Å². The second-order valence-corrected chi connectivity index (χ2v) is 5.62. The minimum absolute atomic E-state index is 0.0410. The quantitative estimate of drug-likeness (QED) is 0.804. The van der Waals surface area contributed by atoms with Crippen LogP contribution >= 0.6 is 0 Å². The Morgan fingerprint density at radius 3 is 2.45 bits per heavy atom. The molecule has 0 fully saturated rings. The standard InChI is InChI=1S/C18H19N3O/c1-11-4-5-15(8-12(11)2)19-13(3)20-16-6-7-17-14(9-16)10-18(22)21-17/h4-9,19-20H,3,10H2,1-2H3,(H,21,22). The predicted molar refractivity (Wildman–Crippen MR) is 91.1 cm³/mol. The fraction of sp³-hybridized carbons (Fsp3) is 0.167. The number of carbonyl (C=O) groups is 1. The summed E-state index contributed by atoms with van der Waals surface area (Å²) in [5.74, 6) is 0.736. The van der Waals surface area contributed by atoms with Gasteiger partial charge in [-0.05, 0) is 60.9 Å². The van der Waals surface area contributed by atoms with Crippen molar-refractivity contribution in [3.63, 3.8) is 0 Å². The fourth-order valence-corrected chi connectivity index (χ4v) is 2.51. The van der Waals surface area contributed by atoms with Crippen molar-refractivity contribution in [2.24, 2.45) is 0 Å². The third kappa shape index (κ3) is 2.96. The molecule has 2 aromatic rings. The van der Waals surface area contributed by atoms with Gasteiger partial charge in [0.05, 0.1) is 6.42 Å². The van der Waals surface area contributed by atoms with Crippen LogP contribution in [0.25, 0.3) is 0 Å². The Morgan fingerprint density at radius 2 is 1.73 bits per heavy atom. The first-order chi connectivity index (χ1) is 10.5. The van der Waals surface area contributed by atoms with E-state index in [0.29, 0.717) is 12.2 Å². The minimum atomic E-state index is 0.0410. The van der Waals surface area contributed by atoms with Gasteiger partial charge in [-0.1, -0.05) is 12.6 Å². The van der Waals surface area contributed by atoms with Crippen LogP contribution in [0, 0.1) is 13.8 Å². The van der Waals surface area contributed by atoms with Crippen molar-refractivity contribution in [1.29, 1.82) is 0 Å². The van der Waals surface area contributed by atoms with Crippen LogP contribution in [0.2, 0.25) is 0 Å². The lowest BCUT2D eigenvalue weighted by molar-refractivity contribution is -0.115. The molecule has 1 aliphatic heterocycles. The average molecular weight is 293 g/mol. The number of benzene rings is 2. The van der Waals surface area contributed by atoms with Gasteiger partial charge in [-0.25, -0.2) is 0 Å². The number of hydrogen-bond donors (Lipinski definition) is 3. The zero-order valence-electron chi connectivity index (χ0n) is 12.8. The molecule has 0 aromatic heterocycles. The number of aryl methyl sites for hydroxylation is 2. The number of fused-ring (bicyclic) bond motifs is 1. The number of amides is 1. The highest BCUT2D eigenvalue weighted by atomic mass is 16.1. The van der Waals surface area contributed by atoms with E-state index in [4.69, 9.17) is 0 Å². The first-order valence-corrected chi connectivity index (χ1v) is 7.24. The monoisotopic (exact) mass is 293 g/mol. The number of hydrogen-bond acceptors (Lipinski definition) is 3. The third-order valence-electron chi connectivity index (χ3n) is 3.83. The van der Waals surface area contributed by atoms with Gasteiger partial charge in [-0.15, -0.1) is 0 Å². The summed E-state index contributed by atoms with van der Waals surface area (Å²) in [7, 11) is 0. The van der Waals surface area contributed by atoms with Crippen LogP contribution in [0.15, 0.2) is 48.8 Å². The summed E-state index contributed by atoms with van der Waals surface area (Å²) in [5, 5.41) is 9.30. The summed E-state index contributed by atoms with van der Waals surface area (Å²) < 4.78 is 0. The summed E-state index contributed by atoms with van der Waals surface area (Å²) in [6.45, 7) is 8.17. The molecule has 1 heterocycles. The van der Waals surface area contributed by atoms with Crippen molar-refractivity contribution < 1.29 is 4.79 Å². The molecule has 0 aliphatic carbocycles. The maximum atomic E-state index is 11.4. The summed E-state index contributed by atoms with van der Waals surface area (Å²) >= 11 is 0. The second kappa shape index (κ2) is 5.56. The van der Waals surface area contributed by atoms with Crippen molar-refractivity contribution in [2.75, 3.05) is 16.0 Å².